The van der Waals surface area contributed by atoms with Gasteiger partial charge in [-0.1, -0.05) is 142 Å². The lowest BCUT2D eigenvalue weighted by atomic mass is 9.85. The summed E-state index contributed by atoms with van der Waals surface area (Å²) in [5.74, 6) is -4.47. The molecule has 7 rings (SSSR count). The molecule has 18 nitrogen and oxygen atoms in total. The van der Waals surface area contributed by atoms with Gasteiger partial charge in [0.2, 0.25) is 5.91 Å². The van der Waals surface area contributed by atoms with Crippen molar-refractivity contribution >= 4 is 17.8 Å². The lowest BCUT2D eigenvalue weighted by Crippen LogP contribution is -2.68. The molecule has 4 aliphatic rings. The highest BCUT2D eigenvalue weighted by atomic mass is 19.4. The molecule has 2 amide bonds. The van der Waals surface area contributed by atoms with Crippen LogP contribution in [0.15, 0.2) is 96.1 Å². The molecule has 2 aliphatic heterocycles. The zero-order chi connectivity index (χ0) is 54.7. The van der Waals surface area contributed by atoms with E-state index >= 15 is 0 Å². The fourth-order valence-corrected chi connectivity index (χ4v) is 10.3. The molecule has 2 saturated heterocycles. The third-order valence-corrected chi connectivity index (χ3v) is 14.5. The van der Waals surface area contributed by atoms with Crippen molar-refractivity contribution in [2.45, 2.75) is 184 Å². The van der Waals surface area contributed by atoms with Crippen LogP contribution in [0.1, 0.15) is 96.6 Å². The van der Waals surface area contributed by atoms with E-state index in [4.69, 9.17) is 44.0 Å². The van der Waals surface area contributed by atoms with Crippen molar-refractivity contribution in [3.8, 4) is 0 Å². The summed E-state index contributed by atoms with van der Waals surface area (Å²) < 4.78 is 106. The first-order valence-corrected chi connectivity index (χ1v) is 26.2. The first kappa shape index (κ1) is 57.0. The van der Waals surface area contributed by atoms with Crippen LogP contribution in [0.5, 0.6) is 0 Å². The van der Waals surface area contributed by atoms with Crippen LogP contribution < -0.4 is 10.6 Å². The Bertz CT molecular complexity index is 2320. The number of aliphatic hydroxyl groups is 1. The van der Waals surface area contributed by atoms with Crippen molar-refractivity contribution in [3.05, 3.63) is 118 Å². The second kappa shape index (κ2) is 29.0. The lowest BCUT2D eigenvalue weighted by molar-refractivity contribution is -0.337. The van der Waals surface area contributed by atoms with Crippen molar-refractivity contribution in [2.75, 3.05) is 19.8 Å². The van der Waals surface area contributed by atoms with E-state index in [1.165, 1.54) is 0 Å². The quantitative estimate of drug-likeness (QED) is 0.0255. The molecule has 0 aromatic heterocycles. The number of nitrogens with zero attached hydrogens (tertiary/aromatic N) is 3. The Hall–Kier alpha value is -5.19. The van der Waals surface area contributed by atoms with Crippen LogP contribution in [0.2, 0.25) is 0 Å². The molecule has 76 heavy (non-hydrogen) atoms. The maximum absolute atomic E-state index is 14.3. The van der Waals surface area contributed by atoms with Gasteiger partial charge in [0, 0.05) is 18.8 Å². The molecule has 3 aromatic rings. The van der Waals surface area contributed by atoms with Gasteiger partial charge in [0.25, 0.3) is 0 Å². The van der Waals surface area contributed by atoms with Crippen molar-refractivity contribution in [1.82, 2.24) is 10.6 Å². The third-order valence-electron chi connectivity index (χ3n) is 14.5. The van der Waals surface area contributed by atoms with E-state index in [9.17, 15) is 38.2 Å². The van der Waals surface area contributed by atoms with Crippen LogP contribution in [0.3, 0.4) is 0 Å². The van der Waals surface area contributed by atoms with Crippen LogP contribution in [-0.2, 0) is 76.8 Å². The van der Waals surface area contributed by atoms with Gasteiger partial charge in [0.15, 0.2) is 18.7 Å². The van der Waals surface area contributed by atoms with Crippen LogP contribution in [0.25, 0.3) is 10.4 Å². The Morgan fingerprint density at radius 1 is 0.803 bits per heavy atom. The summed E-state index contributed by atoms with van der Waals surface area (Å²) in [6, 6.07) is 25.7. The van der Waals surface area contributed by atoms with Crippen LogP contribution in [-0.4, -0.2) is 128 Å². The van der Waals surface area contributed by atoms with Crippen molar-refractivity contribution in [1.29, 1.82) is 0 Å². The fourth-order valence-electron chi connectivity index (χ4n) is 10.3. The van der Waals surface area contributed by atoms with Gasteiger partial charge in [-0.25, -0.2) is 4.79 Å². The number of benzene rings is 3. The number of hydrogen-bond acceptors (Lipinski definition) is 14. The smallest absolute Gasteiger partial charge is 0.459 e. The molecule has 21 heteroatoms. The molecule has 5 unspecified atom stereocenters. The van der Waals surface area contributed by atoms with Crippen molar-refractivity contribution in [3.63, 3.8) is 0 Å². The Kier molecular flexibility index (Phi) is 21.7. The van der Waals surface area contributed by atoms with E-state index in [-0.39, 0.29) is 64.6 Å². The molecule has 2 aliphatic carbocycles. The summed E-state index contributed by atoms with van der Waals surface area (Å²) in [5, 5.41) is 20.6. The number of carbonyl (C=O) groups is 3. The minimum absolute atomic E-state index is 0.0122. The second-order valence-corrected chi connectivity index (χ2v) is 19.9. The molecular weight excluding hydrogens is 996 g/mol. The second-order valence-electron chi connectivity index (χ2n) is 19.9. The lowest BCUT2D eigenvalue weighted by Gasteiger charge is -2.49. The Morgan fingerprint density at radius 3 is 2.05 bits per heavy atom. The Balaban J connectivity index is 1.23. The number of halogens is 3. The molecule has 4 fully saturated rings. The van der Waals surface area contributed by atoms with Gasteiger partial charge in [-0.15, -0.1) is 0 Å². The molecule has 2 heterocycles. The molecule has 0 bridgehead atoms. The monoisotopic (exact) mass is 1070 g/mol. The highest BCUT2D eigenvalue weighted by molar-refractivity contribution is 5.87. The summed E-state index contributed by atoms with van der Waals surface area (Å²) in [7, 11) is 0. The summed E-state index contributed by atoms with van der Waals surface area (Å²) in [4.78, 5) is 43.2. The highest BCUT2D eigenvalue weighted by Crippen LogP contribution is 2.38. The number of aliphatic hydroxyl groups excluding tert-OH is 1. The topological polar surface area (TPSA) is 227 Å². The SMILES string of the molecule is [3H]CCOC[C@@H]1O[C@@H](O[C@@H]2CCCC(N=[N+]=[N-])[C@H]2O[C@@H]2OC(C)[C@@H](C)[C@H](OCc3ccccc3)C2OCc2ccccc2)C(NC(=O)CNC(=O)C(F)(F)F)C(O[C@@H](CC2CCCCC2)C(=O)OCc2ccccc2)[C@H]1O. The van der Waals surface area contributed by atoms with E-state index < -0.39 is 110 Å². The predicted octanol–water partition coefficient (Wildman–Crippen LogP) is 7.92. The number of carbonyl (C=O) groups excluding carboxylic acids is 3. The largest absolute Gasteiger partial charge is 0.471 e. The molecule has 3 aromatic carbocycles. The number of hydrogen-bond donors (Lipinski definition) is 3. The average molecular weight is 1070 g/mol. The van der Waals surface area contributed by atoms with Gasteiger partial charge >= 0.3 is 18.1 Å². The zero-order valence-electron chi connectivity index (χ0n) is 44.0. The van der Waals surface area contributed by atoms with E-state index in [1.807, 2.05) is 80.6 Å². The molecule has 3 N–H and O–H groups in total. The van der Waals surface area contributed by atoms with E-state index in [0.29, 0.717) is 18.4 Å². The zero-order valence-corrected chi connectivity index (χ0v) is 43.0. The molecule has 416 valence electrons. The Labute approximate surface area is 442 Å². The fraction of sp³-hybridized carbons (Fsp3) is 0.618. The third kappa shape index (κ3) is 16.7. The average Bonchev–Trinajstić information content (AvgIpc) is 3.44. The van der Waals surface area contributed by atoms with Gasteiger partial charge in [0.05, 0.1) is 56.8 Å². The molecular formula is C55H72F3N5O13. The molecule has 14 atom stereocenters. The maximum Gasteiger partial charge on any atom is 0.471 e. The minimum atomic E-state index is -5.31. The predicted molar refractivity (Wildman–Crippen MR) is 268 cm³/mol. The summed E-state index contributed by atoms with van der Waals surface area (Å²) in [5.41, 5.74) is 12.4. The number of rotatable bonds is 24. The standard InChI is InChI=1S/C55H72F3N5O13/c1-4-68-33-43-46(65)49(73-42(28-36-18-9-5-10-19-36)51(66)71-32-39-24-15-8-16-25-39)45(61-44(64)29-60-54(67)55(56,57)58)52(75-43)74-41-27-17-26-40(62-63-59)48(41)76-53-50(70-31-38-22-13-7-14-23-38)47(34(2)35(3)72-53)69-30-37-20-11-6-12-21-37/h6-8,11-16,20-25,34-36,40-43,45-50,52-53,65H,4-5,9-10,17-19,26-33H2,1-3H3,(H,60,67)(H,61,64)/t34-,35?,40?,41-,42+,43+,45?,46+,47+,48-,49?,50?,52-,53+/m1/s1/i1T. The number of alkyl halides is 3. The number of amides is 2. The van der Waals surface area contributed by atoms with Crippen molar-refractivity contribution < 1.29 is 76.7 Å². The number of nitrogens with one attached hydrogen (secondary N) is 2. The molecule has 0 radical (unpaired) electrons. The van der Waals surface area contributed by atoms with E-state index in [2.05, 4.69) is 15.3 Å². The summed E-state index contributed by atoms with van der Waals surface area (Å²) in [6.45, 7) is 2.49. The first-order valence-electron chi connectivity index (χ1n) is 27.0. The van der Waals surface area contributed by atoms with Crippen LogP contribution in [0.4, 0.5) is 13.2 Å². The number of esters is 1. The van der Waals surface area contributed by atoms with Gasteiger partial charge in [-0.3, -0.25) is 9.59 Å². The normalized spacial score (nSPS) is 29.8. The van der Waals surface area contributed by atoms with Crippen LogP contribution in [0, 0.1) is 11.8 Å². The van der Waals surface area contributed by atoms with Crippen molar-refractivity contribution in [2.24, 2.45) is 17.0 Å². The maximum atomic E-state index is 14.3. The minimum Gasteiger partial charge on any atom is -0.459 e. The van der Waals surface area contributed by atoms with Crippen LogP contribution >= 0.6 is 0 Å². The summed E-state index contributed by atoms with van der Waals surface area (Å²) >= 11 is 0. The number of azide groups is 1. The van der Waals surface area contributed by atoms with E-state index in [1.54, 1.807) is 29.6 Å². The van der Waals surface area contributed by atoms with Gasteiger partial charge in [-0.05, 0) is 61.2 Å². The van der Waals surface area contributed by atoms with Gasteiger partial charge < -0.3 is 58.4 Å². The van der Waals surface area contributed by atoms with E-state index in [0.717, 1.165) is 43.2 Å². The van der Waals surface area contributed by atoms with Gasteiger partial charge in [0.1, 0.15) is 37.1 Å². The molecule has 0 spiro atoms. The number of ether oxygens (including phenoxy) is 9. The molecule has 2 saturated carbocycles. The highest BCUT2D eigenvalue weighted by Gasteiger charge is 2.53. The van der Waals surface area contributed by atoms with Gasteiger partial charge in [-0.2, -0.15) is 13.2 Å². The summed E-state index contributed by atoms with van der Waals surface area (Å²) in [6.07, 6.45) is -12.5. The Morgan fingerprint density at radius 2 is 1.43 bits per heavy atom. The first-order chi connectivity index (χ1) is 37.2.